The molecule has 0 N–H and O–H groups in total. The van der Waals surface area contributed by atoms with Gasteiger partial charge in [-0.15, -0.1) is 53.6 Å². The topological polar surface area (TPSA) is 38.9 Å². The molecule has 7 rings (SSSR count). The molecular weight excluding hydrogens is 741 g/mol. The molecule has 0 fully saturated rings. The normalized spacial score (nSPS) is 11.6. The molecule has 0 aliphatic heterocycles. The van der Waals surface area contributed by atoms with Gasteiger partial charge in [0.15, 0.2) is 0 Å². The molecule has 4 aromatic carbocycles. The minimum absolute atomic E-state index is 0. The van der Waals surface area contributed by atoms with Gasteiger partial charge in [-0.2, -0.15) is 0 Å². The molecule has 7 aromatic rings. The van der Waals surface area contributed by atoms with Crippen LogP contribution in [-0.2, 0) is 26.5 Å². The minimum Gasteiger partial charge on any atom is -0.501 e. The Kier molecular flexibility index (Phi) is 10.6. The maximum absolute atomic E-state index is 6.15. The van der Waals surface area contributed by atoms with E-state index in [1.54, 1.807) is 0 Å². The van der Waals surface area contributed by atoms with E-state index < -0.39 is 0 Å². The number of fused-ring (bicyclic) bond motifs is 3. The molecule has 3 nitrogen and oxygen atoms in total. The zero-order valence-electron chi connectivity index (χ0n) is 27.0. The summed E-state index contributed by atoms with van der Waals surface area (Å²) in [5.41, 5.74) is 12.1. The molecule has 0 aliphatic carbocycles. The van der Waals surface area contributed by atoms with Gasteiger partial charge >= 0.3 is 0 Å². The van der Waals surface area contributed by atoms with Crippen LogP contribution in [-0.4, -0.2) is 9.97 Å². The molecular formula is C42H38IrN2O-2. The summed E-state index contributed by atoms with van der Waals surface area (Å²) in [7, 11) is 0. The summed E-state index contributed by atoms with van der Waals surface area (Å²) < 4.78 is 6.15. The van der Waals surface area contributed by atoms with Gasteiger partial charge in [0.05, 0.1) is 5.58 Å². The van der Waals surface area contributed by atoms with E-state index in [9.17, 15) is 0 Å². The monoisotopic (exact) mass is 779 g/mol. The van der Waals surface area contributed by atoms with Crippen LogP contribution in [0, 0.1) is 31.9 Å². The Morgan fingerprint density at radius 2 is 1.52 bits per heavy atom. The number of hydrogen-bond acceptors (Lipinski definition) is 3. The summed E-state index contributed by atoms with van der Waals surface area (Å²) in [4.78, 5) is 9.13. The van der Waals surface area contributed by atoms with E-state index in [2.05, 4.69) is 123 Å². The first-order valence-corrected chi connectivity index (χ1v) is 15.6. The Hall–Kier alpha value is -4.37. The van der Waals surface area contributed by atoms with Gasteiger partial charge in [-0.3, -0.25) is 0 Å². The molecule has 1 atom stereocenters. The Balaban J connectivity index is 0.000000193. The molecule has 233 valence electrons. The first-order valence-electron chi connectivity index (χ1n) is 15.6. The van der Waals surface area contributed by atoms with E-state index in [1.165, 1.54) is 27.8 Å². The second kappa shape index (κ2) is 14.8. The van der Waals surface area contributed by atoms with Crippen LogP contribution in [0.15, 0.2) is 120 Å². The van der Waals surface area contributed by atoms with Gasteiger partial charge in [-0.25, -0.2) is 0 Å². The van der Waals surface area contributed by atoms with Crippen LogP contribution >= 0.6 is 0 Å². The largest absolute Gasteiger partial charge is 0.501 e. The summed E-state index contributed by atoms with van der Waals surface area (Å²) >= 11 is 0. The SMILES string of the molecule is CC(c1ccccc1)c1ccnc(-c2[c-]ccc3c2oc2ccccc23)c1.Cc1c[c-]c(-c2cc(CC(C)C)c(C)cn2)cc1.[Ir]. The Bertz CT molecular complexity index is 2050. The van der Waals surface area contributed by atoms with E-state index >= 15 is 0 Å². The second-order valence-electron chi connectivity index (χ2n) is 12.2. The van der Waals surface area contributed by atoms with Crippen molar-refractivity contribution in [2.45, 2.75) is 47.0 Å². The third-order valence-electron chi connectivity index (χ3n) is 8.27. The summed E-state index contributed by atoms with van der Waals surface area (Å²) in [6, 6.07) is 41.9. The molecule has 3 heterocycles. The third kappa shape index (κ3) is 7.36. The molecule has 0 saturated heterocycles. The fourth-order valence-electron chi connectivity index (χ4n) is 5.70. The van der Waals surface area contributed by atoms with Crippen LogP contribution in [0.5, 0.6) is 0 Å². The summed E-state index contributed by atoms with van der Waals surface area (Å²) in [5, 5.41) is 2.22. The number of hydrogen-bond donors (Lipinski definition) is 0. The van der Waals surface area contributed by atoms with Gasteiger partial charge in [0.1, 0.15) is 5.58 Å². The molecule has 0 spiro atoms. The zero-order chi connectivity index (χ0) is 31.3. The molecule has 0 aliphatic rings. The van der Waals surface area contributed by atoms with Crippen LogP contribution in [0.1, 0.15) is 54.5 Å². The first-order chi connectivity index (χ1) is 21.9. The van der Waals surface area contributed by atoms with Crippen molar-refractivity contribution < 1.29 is 24.5 Å². The van der Waals surface area contributed by atoms with Crippen molar-refractivity contribution in [3.63, 3.8) is 0 Å². The number of pyridine rings is 2. The number of furan rings is 1. The molecule has 1 unspecified atom stereocenters. The van der Waals surface area contributed by atoms with Gasteiger partial charge in [-0.1, -0.05) is 105 Å². The van der Waals surface area contributed by atoms with E-state index in [0.717, 1.165) is 50.9 Å². The Labute approximate surface area is 286 Å². The smallest absolute Gasteiger partial charge is 0.120 e. The number of aromatic nitrogens is 2. The second-order valence-corrected chi connectivity index (χ2v) is 12.2. The van der Waals surface area contributed by atoms with Crippen molar-refractivity contribution in [2.24, 2.45) is 5.92 Å². The Morgan fingerprint density at radius 3 is 2.28 bits per heavy atom. The van der Waals surface area contributed by atoms with E-state index in [0.29, 0.717) is 11.8 Å². The standard InChI is InChI=1S/C25H18NO.C17H20N.Ir/c1-17(18-8-3-2-4-9-18)19-14-15-26-23(16-19)22-12-7-11-21-20-10-5-6-13-24(20)27-25(21)22;1-12(2)9-16-10-17(18-11-14(16)4)15-7-5-13(3)6-8-15;/h2-11,13-17H,1H3;5-7,10-12H,9H2,1-4H3;/q2*-1;. The fraction of sp³-hybridized carbons (Fsp3) is 0.190. The van der Waals surface area contributed by atoms with E-state index in [4.69, 9.17) is 4.42 Å². The maximum atomic E-state index is 6.15. The van der Waals surface area contributed by atoms with Gasteiger partial charge in [-0.05, 0) is 59.5 Å². The van der Waals surface area contributed by atoms with Crippen molar-refractivity contribution in [1.29, 1.82) is 0 Å². The van der Waals surface area contributed by atoms with Gasteiger partial charge < -0.3 is 14.4 Å². The molecule has 46 heavy (non-hydrogen) atoms. The number of para-hydroxylation sites is 1. The zero-order valence-corrected chi connectivity index (χ0v) is 29.4. The molecule has 1 radical (unpaired) electrons. The van der Waals surface area contributed by atoms with Crippen LogP contribution in [0.2, 0.25) is 0 Å². The van der Waals surface area contributed by atoms with Gasteiger partial charge in [0.2, 0.25) is 0 Å². The number of nitrogens with zero attached hydrogens (tertiary/aromatic N) is 2. The van der Waals surface area contributed by atoms with E-state index in [1.807, 2.05) is 48.8 Å². The number of benzene rings is 4. The molecule has 4 heteroatoms. The van der Waals surface area contributed by atoms with Crippen LogP contribution < -0.4 is 0 Å². The molecule has 3 aromatic heterocycles. The van der Waals surface area contributed by atoms with Gasteiger partial charge in [0, 0.05) is 43.8 Å². The van der Waals surface area contributed by atoms with Crippen molar-refractivity contribution >= 4 is 21.9 Å². The Morgan fingerprint density at radius 1 is 0.739 bits per heavy atom. The average Bonchev–Trinajstić information content (AvgIpc) is 3.45. The van der Waals surface area contributed by atoms with Gasteiger partial charge in [0.25, 0.3) is 0 Å². The van der Waals surface area contributed by atoms with Crippen molar-refractivity contribution in [3.05, 3.63) is 155 Å². The number of rotatable bonds is 6. The number of aryl methyl sites for hydroxylation is 2. The van der Waals surface area contributed by atoms with E-state index in [-0.39, 0.29) is 20.1 Å². The van der Waals surface area contributed by atoms with Crippen LogP contribution in [0.3, 0.4) is 0 Å². The summed E-state index contributed by atoms with van der Waals surface area (Å²) in [6.07, 6.45) is 4.95. The summed E-state index contributed by atoms with van der Waals surface area (Å²) in [6.45, 7) is 10.9. The maximum Gasteiger partial charge on any atom is 0.120 e. The van der Waals surface area contributed by atoms with Crippen LogP contribution in [0.25, 0.3) is 44.5 Å². The predicted molar refractivity (Wildman–Crippen MR) is 186 cm³/mol. The van der Waals surface area contributed by atoms with Crippen molar-refractivity contribution in [3.8, 4) is 22.5 Å². The molecule has 0 amide bonds. The third-order valence-corrected chi connectivity index (χ3v) is 8.27. The van der Waals surface area contributed by atoms with Crippen LogP contribution in [0.4, 0.5) is 0 Å². The predicted octanol–water partition coefficient (Wildman–Crippen LogP) is 11.0. The minimum atomic E-state index is 0. The molecule has 0 bridgehead atoms. The average molecular weight is 779 g/mol. The van der Waals surface area contributed by atoms with Crippen molar-refractivity contribution in [1.82, 2.24) is 9.97 Å². The quantitative estimate of drug-likeness (QED) is 0.158. The summed E-state index contributed by atoms with van der Waals surface area (Å²) in [5.74, 6) is 0.962. The first kappa shape index (κ1) is 33.0. The van der Waals surface area contributed by atoms with Crippen molar-refractivity contribution in [2.75, 3.05) is 0 Å². The molecule has 0 saturated carbocycles. The fourth-order valence-corrected chi connectivity index (χ4v) is 5.70.